The van der Waals surface area contributed by atoms with Gasteiger partial charge in [0, 0.05) is 25.2 Å². The van der Waals surface area contributed by atoms with E-state index in [0.29, 0.717) is 12.5 Å². The molecule has 2 amide bonds. The fourth-order valence-electron chi connectivity index (χ4n) is 3.24. The van der Waals surface area contributed by atoms with E-state index in [1.807, 2.05) is 14.1 Å². The molecule has 6 nitrogen and oxygen atoms in total. The van der Waals surface area contributed by atoms with Crippen LogP contribution in [0.25, 0.3) is 0 Å². The Morgan fingerprint density at radius 1 is 1.35 bits per heavy atom. The molecule has 3 atom stereocenters. The highest BCUT2D eigenvalue weighted by Crippen LogP contribution is 2.38. The van der Waals surface area contributed by atoms with Crippen LogP contribution in [0.5, 0.6) is 0 Å². The van der Waals surface area contributed by atoms with Crippen LogP contribution in [0.15, 0.2) is 0 Å². The monoisotopic (exact) mass is 283 g/mol. The van der Waals surface area contributed by atoms with Gasteiger partial charge in [-0.3, -0.25) is 4.79 Å². The maximum Gasteiger partial charge on any atom is 0.317 e. The van der Waals surface area contributed by atoms with Crippen molar-refractivity contribution in [3.8, 4) is 0 Å². The highest BCUT2D eigenvalue weighted by Gasteiger charge is 2.46. The Morgan fingerprint density at radius 2 is 2.05 bits per heavy atom. The number of carbonyl (C=O) groups is 2. The number of nitrogens with one attached hydrogen (secondary N) is 1. The van der Waals surface area contributed by atoms with Crippen LogP contribution in [-0.4, -0.2) is 66.2 Å². The van der Waals surface area contributed by atoms with E-state index in [-0.39, 0.29) is 12.1 Å². The third-order valence-corrected chi connectivity index (χ3v) is 4.93. The molecule has 1 aliphatic carbocycles. The Morgan fingerprint density at radius 3 is 2.60 bits per heavy atom. The van der Waals surface area contributed by atoms with Gasteiger partial charge in [0.25, 0.3) is 0 Å². The first-order valence-corrected chi connectivity index (χ1v) is 7.30. The lowest BCUT2D eigenvalue weighted by molar-refractivity contribution is -0.148. The molecular formula is C14H25N3O3. The molecule has 1 saturated carbocycles. The lowest BCUT2D eigenvalue weighted by atomic mass is 9.85. The number of hydrogen-bond donors (Lipinski definition) is 2. The zero-order valence-electron chi connectivity index (χ0n) is 12.6. The third kappa shape index (κ3) is 2.75. The van der Waals surface area contributed by atoms with Gasteiger partial charge in [0.05, 0.1) is 5.41 Å². The van der Waals surface area contributed by atoms with Crippen LogP contribution >= 0.6 is 0 Å². The topological polar surface area (TPSA) is 72.9 Å². The molecule has 2 N–H and O–H groups in total. The molecule has 2 rings (SSSR count). The van der Waals surface area contributed by atoms with Crippen molar-refractivity contribution in [3.63, 3.8) is 0 Å². The van der Waals surface area contributed by atoms with E-state index >= 15 is 0 Å². The summed E-state index contributed by atoms with van der Waals surface area (Å²) in [5, 5.41) is 12.3. The molecule has 3 unspecified atom stereocenters. The summed E-state index contributed by atoms with van der Waals surface area (Å²) in [5.41, 5.74) is -0.823. The highest BCUT2D eigenvalue weighted by molar-refractivity contribution is 5.79. The van der Waals surface area contributed by atoms with Crippen molar-refractivity contribution in [2.24, 2.45) is 5.41 Å². The minimum absolute atomic E-state index is 0.117. The predicted octanol–water partition coefficient (Wildman–Crippen LogP) is 0.975. The van der Waals surface area contributed by atoms with Crippen LogP contribution in [0, 0.1) is 5.41 Å². The Kier molecular flexibility index (Phi) is 4.22. The molecule has 114 valence electrons. The zero-order chi connectivity index (χ0) is 14.9. The molecule has 6 heteroatoms. The highest BCUT2D eigenvalue weighted by atomic mass is 16.4. The Balaban J connectivity index is 1.94. The fraction of sp³-hybridized carbons (Fsp3) is 0.857. The standard InChI is InChI=1S/C14H25N3O3/c1-14(12(18)19)7-4-5-11(14)15-13(20)17-8-6-10(9-17)16(2)3/h10-11H,4-9H2,1-3H3,(H,15,20)(H,18,19). The van der Waals surface area contributed by atoms with Crippen LogP contribution in [-0.2, 0) is 4.79 Å². The quantitative estimate of drug-likeness (QED) is 0.809. The Hall–Kier alpha value is -1.30. The largest absolute Gasteiger partial charge is 0.481 e. The van der Waals surface area contributed by atoms with Crippen LogP contribution < -0.4 is 5.32 Å². The van der Waals surface area contributed by atoms with Gasteiger partial charge >= 0.3 is 12.0 Å². The molecule has 2 fully saturated rings. The number of likely N-dealkylation sites (tertiary alicyclic amines) is 1. The number of carboxylic acids is 1. The summed E-state index contributed by atoms with van der Waals surface area (Å²) in [6.45, 7) is 3.19. The van der Waals surface area contributed by atoms with Crippen molar-refractivity contribution in [2.45, 2.75) is 44.7 Å². The van der Waals surface area contributed by atoms with Crippen LogP contribution in [0.3, 0.4) is 0 Å². The van der Waals surface area contributed by atoms with Crippen molar-refractivity contribution in [1.29, 1.82) is 0 Å². The number of aliphatic carboxylic acids is 1. The maximum atomic E-state index is 12.3. The molecule has 1 saturated heterocycles. The van der Waals surface area contributed by atoms with E-state index in [1.165, 1.54) is 0 Å². The van der Waals surface area contributed by atoms with Crippen LogP contribution in [0.4, 0.5) is 4.79 Å². The van der Waals surface area contributed by atoms with Gasteiger partial charge in [-0.2, -0.15) is 0 Å². The van der Waals surface area contributed by atoms with Gasteiger partial charge in [-0.1, -0.05) is 6.42 Å². The van der Waals surface area contributed by atoms with Crippen molar-refractivity contribution in [3.05, 3.63) is 0 Å². The van der Waals surface area contributed by atoms with E-state index in [2.05, 4.69) is 10.2 Å². The zero-order valence-corrected chi connectivity index (χ0v) is 12.6. The molecule has 0 aromatic rings. The van der Waals surface area contributed by atoms with Gasteiger partial charge < -0.3 is 20.2 Å². The summed E-state index contributed by atoms with van der Waals surface area (Å²) in [6, 6.07) is 0.0230. The third-order valence-electron chi connectivity index (χ3n) is 4.93. The molecule has 2 aliphatic rings. The van der Waals surface area contributed by atoms with E-state index < -0.39 is 11.4 Å². The first-order valence-electron chi connectivity index (χ1n) is 7.30. The van der Waals surface area contributed by atoms with E-state index in [0.717, 1.165) is 32.4 Å². The minimum Gasteiger partial charge on any atom is -0.481 e. The van der Waals surface area contributed by atoms with Gasteiger partial charge in [-0.15, -0.1) is 0 Å². The SMILES string of the molecule is CN(C)C1CCN(C(=O)NC2CCCC2(C)C(=O)O)C1. The normalized spacial score (nSPS) is 33.7. The van der Waals surface area contributed by atoms with Crippen LogP contribution in [0.2, 0.25) is 0 Å². The fourth-order valence-corrected chi connectivity index (χ4v) is 3.24. The van der Waals surface area contributed by atoms with Crippen molar-refractivity contribution in [2.75, 3.05) is 27.2 Å². The van der Waals surface area contributed by atoms with Crippen molar-refractivity contribution in [1.82, 2.24) is 15.1 Å². The summed E-state index contributed by atoms with van der Waals surface area (Å²) in [5.74, 6) is -0.812. The molecule has 1 aliphatic heterocycles. The molecule has 1 heterocycles. The van der Waals surface area contributed by atoms with Crippen molar-refractivity contribution >= 4 is 12.0 Å². The molecule has 0 aromatic heterocycles. The lowest BCUT2D eigenvalue weighted by Crippen LogP contribution is -2.51. The number of likely N-dealkylation sites (N-methyl/N-ethyl adjacent to an activating group) is 1. The molecule has 0 radical (unpaired) electrons. The Labute approximate surface area is 120 Å². The molecule has 0 bridgehead atoms. The second-order valence-corrected chi connectivity index (χ2v) is 6.47. The number of urea groups is 1. The van der Waals surface area contributed by atoms with Crippen LogP contribution in [0.1, 0.15) is 32.6 Å². The van der Waals surface area contributed by atoms with E-state index in [1.54, 1.807) is 11.8 Å². The number of amides is 2. The molecule has 0 aromatic carbocycles. The van der Waals surface area contributed by atoms with E-state index in [9.17, 15) is 14.7 Å². The van der Waals surface area contributed by atoms with Gasteiger partial charge in [-0.25, -0.2) is 4.79 Å². The summed E-state index contributed by atoms with van der Waals surface area (Å²) in [6.07, 6.45) is 3.21. The van der Waals surface area contributed by atoms with Gasteiger partial charge in [0.2, 0.25) is 0 Å². The summed E-state index contributed by atoms with van der Waals surface area (Å²) in [7, 11) is 4.04. The minimum atomic E-state index is -0.823. The van der Waals surface area contributed by atoms with Gasteiger partial charge in [0.15, 0.2) is 0 Å². The summed E-state index contributed by atoms with van der Waals surface area (Å²) < 4.78 is 0. The Bertz CT molecular complexity index is 399. The number of rotatable bonds is 3. The average molecular weight is 283 g/mol. The average Bonchev–Trinajstić information content (AvgIpc) is 2.98. The maximum absolute atomic E-state index is 12.3. The van der Waals surface area contributed by atoms with Gasteiger partial charge in [-0.05, 0) is 40.3 Å². The first kappa shape index (κ1) is 15.1. The lowest BCUT2D eigenvalue weighted by Gasteiger charge is -2.30. The molecular weight excluding hydrogens is 258 g/mol. The van der Waals surface area contributed by atoms with Crippen molar-refractivity contribution < 1.29 is 14.7 Å². The smallest absolute Gasteiger partial charge is 0.317 e. The summed E-state index contributed by atoms with van der Waals surface area (Å²) in [4.78, 5) is 27.6. The second kappa shape index (κ2) is 5.60. The number of carbonyl (C=O) groups excluding carboxylic acids is 1. The van der Waals surface area contributed by atoms with Gasteiger partial charge in [0.1, 0.15) is 0 Å². The predicted molar refractivity (Wildman–Crippen MR) is 75.6 cm³/mol. The first-order chi connectivity index (χ1) is 9.34. The number of hydrogen-bond acceptors (Lipinski definition) is 3. The molecule has 20 heavy (non-hydrogen) atoms. The summed E-state index contributed by atoms with van der Waals surface area (Å²) >= 11 is 0. The number of carboxylic acid groups (broad SMARTS) is 1. The number of nitrogens with zero attached hydrogens (tertiary/aromatic N) is 2. The molecule has 0 spiro atoms. The second-order valence-electron chi connectivity index (χ2n) is 6.47. The van der Waals surface area contributed by atoms with E-state index in [4.69, 9.17) is 0 Å².